The monoisotopic (exact) mass is 408 g/mol. The van der Waals surface area contributed by atoms with E-state index < -0.39 is 11.8 Å². The van der Waals surface area contributed by atoms with Crippen LogP contribution in [0.1, 0.15) is 22.6 Å². The van der Waals surface area contributed by atoms with E-state index in [1.165, 1.54) is 5.56 Å². The number of hydrogen-bond donors (Lipinski definition) is 2. The van der Waals surface area contributed by atoms with Crippen LogP contribution in [0.25, 0.3) is 11.3 Å². The first-order chi connectivity index (χ1) is 15.2. The molecule has 4 rings (SSSR count). The van der Waals surface area contributed by atoms with Crippen LogP contribution in [0.4, 0.5) is 5.82 Å². The molecule has 1 atom stereocenters. The number of pyridine rings is 2. The fourth-order valence-electron chi connectivity index (χ4n) is 3.63. The summed E-state index contributed by atoms with van der Waals surface area (Å²) in [6.45, 7) is 0.681. The first kappa shape index (κ1) is 20.3. The van der Waals surface area contributed by atoms with Gasteiger partial charge in [-0.2, -0.15) is 0 Å². The lowest BCUT2D eigenvalue weighted by Crippen LogP contribution is -2.24. The zero-order valence-corrected chi connectivity index (χ0v) is 17.1. The summed E-state index contributed by atoms with van der Waals surface area (Å²) < 4.78 is 0. The number of amides is 1. The van der Waals surface area contributed by atoms with E-state index in [0.29, 0.717) is 12.4 Å². The minimum Gasteiger partial charge on any atom is -0.369 e. The summed E-state index contributed by atoms with van der Waals surface area (Å²) in [5.41, 5.74) is 10.4. The van der Waals surface area contributed by atoms with Gasteiger partial charge in [0.15, 0.2) is 0 Å². The van der Waals surface area contributed by atoms with Gasteiger partial charge in [-0.3, -0.25) is 9.78 Å². The maximum Gasteiger partial charge on any atom is 0.229 e. The van der Waals surface area contributed by atoms with E-state index in [-0.39, 0.29) is 0 Å². The Bertz CT molecular complexity index is 1130. The van der Waals surface area contributed by atoms with Gasteiger partial charge in [-0.25, -0.2) is 4.98 Å². The van der Waals surface area contributed by atoms with Crippen molar-refractivity contribution >= 4 is 11.7 Å². The largest absolute Gasteiger partial charge is 0.369 e. The Morgan fingerprint density at radius 2 is 1.65 bits per heavy atom. The van der Waals surface area contributed by atoms with E-state index in [4.69, 9.17) is 10.7 Å². The topological polar surface area (TPSA) is 80.9 Å². The van der Waals surface area contributed by atoms with E-state index >= 15 is 0 Å². The Hall–Kier alpha value is -3.99. The minimum absolute atomic E-state index is 0.437. The van der Waals surface area contributed by atoms with E-state index in [1.807, 2.05) is 66.7 Å². The molecule has 2 aromatic heterocycles. The smallest absolute Gasteiger partial charge is 0.229 e. The molecule has 0 aliphatic carbocycles. The fraction of sp³-hybridized carbons (Fsp3) is 0.115. The second kappa shape index (κ2) is 9.67. The van der Waals surface area contributed by atoms with Crippen molar-refractivity contribution in [2.24, 2.45) is 5.73 Å². The number of nitrogens with zero attached hydrogens (tertiary/aromatic N) is 2. The van der Waals surface area contributed by atoms with Gasteiger partial charge in [0, 0.05) is 30.1 Å². The molecule has 0 saturated carbocycles. The normalized spacial score (nSPS) is 11.6. The summed E-state index contributed by atoms with van der Waals surface area (Å²) in [6.07, 6.45) is 4.19. The molecule has 1 amide bonds. The molecule has 2 heterocycles. The molecule has 4 aromatic rings. The van der Waals surface area contributed by atoms with Crippen LogP contribution < -0.4 is 11.1 Å². The van der Waals surface area contributed by atoms with Crippen LogP contribution in [0, 0.1) is 0 Å². The summed E-state index contributed by atoms with van der Waals surface area (Å²) >= 11 is 0. The lowest BCUT2D eigenvalue weighted by molar-refractivity contribution is -0.118. The molecule has 0 aliphatic heterocycles. The average Bonchev–Trinajstić information content (AvgIpc) is 2.82. The third-order valence-electron chi connectivity index (χ3n) is 5.16. The molecular weight excluding hydrogens is 384 g/mol. The van der Waals surface area contributed by atoms with Gasteiger partial charge in [0.05, 0.1) is 11.6 Å². The van der Waals surface area contributed by atoms with Crippen LogP contribution in [0.5, 0.6) is 0 Å². The predicted octanol–water partition coefficient (Wildman–Crippen LogP) is 4.42. The third-order valence-corrected chi connectivity index (χ3v) is 5.16. The molecule has 154 valence electrons. The number of nitrogens with one attached hydrogen (secondary N) is 1. The van der Waals surface area contributed by atoms with Gasteiger partial charge in [0.2, 0.25) is 5.91 Å². The van der Waals surface area contributed by atoms with Crippen molar-refractivity contribution in [3.8, 4) is 11.3 Å². The van der Waals surface area contributed by atoms with Crippen LogP contribution in [-0.2, 0) is 11.2 Å². The highest BCUT2D eigenvalue weighted by atomic mass is 16.1. The molecule has 0 aliphatic rings. The number of aromatic nitrogens is 2. The number of hydrogen-bond acceptors (Lipinski definition) is 4. The van der Waals surface area contributed by atoms with Crippen molar-refractivity contribution in [3.63, 3.8) is 0 Å². The highest BCUT2D eigenvalue weighted by molar-refractivity contribution is 5.87. The number of carbonyl (C=O) groups is 1. The zero-order valence-electron chi connectivity index (χ0n) is 17.1. The summed E-state index contributed by atoms with van der Waals surface area (Å²) in [7, 11) is 0. The number of anilines is 1. The van der Waals surface area contributed by atoms with Crippen molar-refractivity contribution in [1.29, 1.82) is 0 Å². The van der Waals surface area contributed by atoms with Gasteiger partial charge in [-0.1, -0.05) is 72.8 Å². The van der Waals surface area contributed by atoms with E-state index in [0.717, 1.165) is 28.8 Å². The molecule has 0 spiro atoms. The lowest BCUT2D eigenvalue weighted by atomic mass is 9.91. The van der Waals surface area contributed by atoms with Crippen molar-refractivity contribution < 1.29 is 4.79 Å². The molecular formula is C26H24N4O. The van der Waals surface area contributed by atoms with Crippen molar-refractivity contribution in [3.05, 3.63) is 114 Å². The Morgan fingerprint density at radius 1 is 0.903 bits per heavy atom. The van der Waals surface area contributed by atoms with Gasteiger partial charge in [-0.15, -0.1) is 0 Å². The summed E-state index contributed by atoms with van der Waals surface area (Å²) in [6, 6.07) is 27.8. The van der Waals surface area contributed by atoms with Crippen LogP contribution in [0.2, 0.25) is 0 Å². The highest BCUT2D eigenvalue weighted by Crippen LogP contribution is 2.31. The van der Waals surface area contributed by atoms with E-state index in [9.17, 15) is 4.79 Å². The number of carbonyl (C=O) groups excluding carboxylic acids is 1. The number of rotatable bonds is 8. The third kappa shape index (κ3) is 4.95. The fourth-order valence-corrected chi connectivity index (χ4v) is 3.63. The highest BCUT2D eigenvalue weighted by Gasteiger charge is 2.24. The van der Waals surface area contributed by atoms with Crippen LogP contribution in [0.3, 0.4) is 0 Å². The molecule has 0 fully saturated rings. The predicted molar refractivity (Wildman–Crippen MR) is 124 cm³/mol. The quantitative estimate of drug-likeness (QED) is 0.452. The Labute approximate surface area is 182 Å². The molecule has 2 aromatic carbocycles. The molecule has 31 heavy (non-hydrogen) atoms. The summed E-state index contributed by atoms with van der Waals surface area (Å²) in [5, 5.41) is 3.44. The maximum absolute atomic E-state index is 12.4. The Balaban J connectivity index is 1.69. The first-order valence-electron chi connectivity index (χ1n) is 10.3. The molecule has 1 unspecified atom stereocenters. The maximum atomic E-state index is 12.4. The SMILES string of the molecule is NC(=O)C(c1cccnc1)c1ccc(-c2ccccc2)nc1NCCc1ccccc1. The first-order valence-corrected chi connectivity index (χ1v) is 10.3. The van der Waals surface area contributed by atoms with E-state index in [1.54, 1.807) is 18.5 Å². The Morgan fingerprint density at radius 3 is 2.32 bits per heavy atom. The summed E-state index contributed by atoms with van der Waals surface area (Å²) in [5.74, 6) is -0.413. The number of nitrogens with two attached hydrogens (primary N) is 1. The van der Waals surface area contributed by atoms with Crippen molar-refractivity contribution in [2.45, 2.75) is 12.3 Å². The van der Waals surface area contributed by atoms with E-state index in [2.05, 4.69) is 22.4 Å². The molecule has 5 nitrogen and oxygen atoms in total. The van der Waals surface area contributed by atoms with Gasteiger partial charge in [0.1, 0.15) is 5.82 Å². The number of primary amides is 1. The summed E-state index contributed by atoms with van der Waals surface area (Å²) in [4.78, 5) is 21.5. The van der Waals surface area contributed by atoms with Crippen LogP contribution in [-0.4, -0.2) is 22.4 Å². The van der Waals surface area contributed by atoms with Gasteiger partial charge >= 0.3 is 0 Å². The average molecular weight is 409 g/mol. The molecule has 5 heteroatoms. The van der Waals surface area contributed by atoms with Crippen molar-refractivity contribution in [2.75, 3.05) is 11.9 Å². The van der Waals surface area contributed by atoms with Crippen LogP contribution in [0.15, 0.2) is 97.3 Å². The molecule has 0 bridgehead atoms. The van der Waals surface area contributed by atoms with Gasteiger partial charge in [0.25, 0.3) is 0 Å². The standard InChI is InChI=1S/C26H24N4O/c27-25(31)24(21-12-7-16-28-18-21)22-13-14-23(20-10-5-2-6-11-20)30-26(22)29-17-15-19-8-3-1-4-9-19/h1-14,16,18,24H,15,17H2,(H2,27,31)(H,29,30). The zero-order chi connectivity index (χ0) is 21.5. The van der Waals surface area contributed by atoms with Gasteiger partial charge in [-0.05, 0) is 29.7 Å². The van der Waals surface area contributed by atoms with Crippen LogP contribution >= 0.6 is 0 Å². The lowest BCUT2D eigenvalue weighted by Gasteiger charge is -2.19. The second-order valence-corrected chi connectivity index (χ2v) is 7.28. The minimum atomic E-state index is -0.634. The van der Waals surface area contributed by atoms with Crippen molar-refractivity contribution in [1.82, 2.24) is 9.97 Å². The second-order valence-electron chi connectivity index (χ2n) is 7.28. The molecule has 3 N–H and O–H groups in total. The Kier molecular flexibility index (Phi) is 6.33. The van der Waals surface area contributed by atoms with Gasteiger partial charge < -0.3 is 11.1 Å². The molecule has 0 saturated heterocycles. The number of benzene rings is 2. The molecule has 0 radical (unpaired) electrons.